The molecule has 0 aromatic heterocycles. The van der Waals surface area contributed by atoms with Gasteiger partial charge in [0.05, 0.1) is 10.5 Å². The summed E-state index contributed by atoms with van der Waals surface area (Å²) in [6, 6.07) is 0. The van der Waals surface area contributed by atoms with Gasteiger partial charge in [0.2, 0.25) is 0 Å². The highest BCUT2D eigenvalue weighted by atomic mass is 32.2. The minimum atomic E-state index is -2.81. The Morgan fingerprint density at radius 1 is 1.08 bits per heavy atom. The second-order valence-electron chi connectivity index (χ2n) is 4.24. The van der Waals surface area contributed by atoms with Crippen molar-refractivity contribution >= 4 is 9.84 Å². The largest absolute Gasteiger partial charge is 0.315 e. The van der Waals surface area contributed by atoms with Gasteiger partial charge in [0.1, 0.15) is 0 Å². The number of sulfone groups is 1. The standard InChI is InChI=1S/C9H17NO2S/c11-13(12)7-2-1-4-9(13)5-3-6-10-8-9/h10H,1-8H2/t9-/m1/s1. The molecule has 13 heavy (non-hydrogen) atoms. The van der Waals surface area contributed by atoms with Crippen LogP contribution in [0.15, 0.2) is 0 Å². The number of rotatable bonds is 0. The highest BCUT2D eigenvalue weighted by molar-refractivity contribution is 7.92. The van der Waals surface area contributed by atoms with Crippen LogP contribution in [0.3, 0.4) is 0 Å². The smallest absolute Gasteiger partial charge is 0.157 e. The van der Waals surface area contributed by atoms with Crippen LogP contribution in [-0.2, 0) is 9.84 Å². The summed E-state index contributed by atoms with van der Waals surface area (Å²) in [6.45, 7) is 1.67. The molecule has 1 atom stereocenters. The second kappa shape index (κ2) is 3.24. The third-order valence-electron chi connectivity index (χ3n) is 3.39. The summed E-state index contributed by atoms with van der Waals surface area (Å²) in [5.41, 5.74) is 0. The molecule has 0 bridgehead atoms. The molecular weight excluding hydrogens is 186 g/mol. The molecule has 76 valence electrons. The van der Waals surface area contributed by atoms with Crippen LogP contribution in [0, 0.1) is 0 Å². The van der Waals surface area contributed by atoms with Crippen molar-refractivity contribution in [3.05, 3.63) is 0 Å². The number of nitrogens with one attached hydrogen (secondary N) is 1. The van der Waals surface area contributed by atoms with Crippen LogP contribution in [0.4, 0.5) is 0 Å². The van der Waals surface area contributed by atoms with Gasteiger partial charge in [-0.2, -0.15) is 0 Å². The van der Waals surface area contributed by atoms with E-state index in [0.29, 0.717) is 12.3 Å². The van der Waals surface area contributed by atoms with E-state index in [1.54, 1.807) is 0 Å². The van der Waals surface area contributed by atoms with Crippen molar-refractivity contribution in [1.29, 1.82) is 0 Å². The maximum atomic E-state index is 11.9. The van der Waals surface area contributed by atoms with Gasteiger partial charge in [-0.15, -0.1) is 0 Å². The summed E-state index contributed by atoms with van der Waals surface area (Å²) in [4.78, 5) is 0. The molecule has 2 aliphatic rings. The van der Waals surface area contributed by atoms with E-state index in [-0.39, 0.29) is 4.75 Å². The fourth-order valence-corrected chi connectivity index (χ4v) is 4.78. The van der Waals surface area contributed by atoms with Gasteiger partial charge in [-0.25, -0.2) is 8.42 Å². The quantitative estimate of drug-likeness (QED) is 0.630. The first kappa shape index (κ1) is 9.46. The zero-order chi connectivity index (χ0) is 9.36. The van der Waals surface area contributed by atoms with Gasteiger partial charge in [-0.1, -0.05) is 6.42 Å². The Kier molecular flexibility index (Phi) is 2.36. The van der Waals surface area contributed by atoms with Crippen LogP contribution in [0.5, 0.6) is 0 Å². The molecule has 0 unspecified atom stereocenters. The monoisotopic (exact) mass is 203 g/mol. The second-order valence-corrected chi connectivity index (χ2v) is 6.74. The summed E-state index contributed by atoms with van der Waals surface area (Å²) in [5.74, 6) is 0.411. The SMILES string of the molecule is O=S1(=O)CCCC[C@]12CCCNC2. The molecule has 0 aromatic rings. The van der Waals surface area contributed by atoms with Crippen LogP contribution < -0.4 is 5.32 Å². The lowest BCUT2D eigenvalue weighted by molar-refractivity contribution is 0.351. The zero-order valence-corrected chi connectivity index (χ0v) is 8.70. The molecule has 0 aliphatic carbocycles. The molecule has 2 fully saturated rings. The first-order valence-corrected chi connectivity index (χ1v) is 6.75. The van der Waals surface area contributed by atoms with E-state index in [9.17, 15) is 8.42 Å². The van der Waals surface area contributed by atoms with Crippen LogP contribution in [0.25, 0.3) is 0 Å². The third kappa shape index (κ3) is 1.50. The lowest BCUT2D eigenvalue weighted by Gasteiger charge is -2.39. The maximum Gasteiger partial charge on any atom is 0.157 e. The van der Waals surface area contributed by atoms with Crippen molar-refractivity contribution in [2.75, 3.05) is 18.8 Å². The summed E-state index contributed by atoms with van der Waals surface area (Å²) >= 11 is 0. The van der Waals surface area contributed by atoms with Crippen molar-refractivity contribution in [2.24, 2.45) is 0 Å². The van der Waals surface area contributed by atoms with E-state index in [4.69, 9.17) is 0 Å². The molecule has 1 spiro atoms. The fourth-order valence-electron chi connectivity index (χ4n) is 2.53. The maximum absolute atomic E-state index is 11.9. The van der Waals surface area contributed by atoms with Crippen molar-refractivity contribution in [2.45, 2.75) is 36.9 Å². The highest BCUT2D eigenvalue weighted by Crippen LogP contribution is 2.35. The van der Waals surface area contributed by atoms with E-state index in [1.165, 1.54) is 0 Å². The Hall–Kier alpha value is -0.0900. The lowest BCUT2D eigenvalue weighted by Crippen LogP contribution is -2.53. The molecule has 2 saturated heterocycles. The Balaban J connectivity index is 2.26. The van der Waals surface area contributed by atoms with Crippen molar-refractivity contribution in [1.82, 2.24) is 5.32 Å². The molecule has 0 amide bonds. The molecular formula is C9H17NO2S. The van der Waals surface area contributed by atoms with E-state index < -0.39 is 9.84 Å². The van der Waals surface area contributed by atoms with E-state index in [2.05, 4.69) is 5.32 Å². The fraction of sp³-hybridized carbons (Fsp3) is 1.00. The zero-order valence-electron chi connectivity index (χ0n) is 7.88. The minimum absolute atomic E-state index is 0.385. The molecule has 0 saturated carbocycles. The van der Waals surface area contributed by atoms with E-state index in [1.807, 2.05) is 0 Å². The predicted molar refractivity (Wildman–Crippen MR) is 52.5 cm³/mol. The molecule has 1 N–H and O–H groups in total. The molecule has 0 aromatic carbocycles. The van der Waals surface area contributed by atoms with Crippen LogP contribution >= 0.6 is 0 Å². The molecule has 2 rings (SSSR count). The van der Waals surface area contributed by atoms with Gasteiger partial charge >= 0.3 is 0 Å². The first-order valence-electron chi connectivity index (χ1n) is 5.09. The lowest BCUT2D eigenvalue weighted by atomic mass is 9.92. The topological polar surface area (TPSA) is 46.2 Å². The van der Waals surface area contributed by atoms with Gasteiger partial charge in [0.25, 0.3) is 0 Å². The number of piperidine rings is 1. The number of hydrogen-bond acceptors (Lipinski definition) is 3. The van der Waals surface area contributed by atoms with E-state index >= 15 is 0 Å². The molecule has 3 nitrogen and oxygen atoms in total. The summed E-state index contributed by atoms with van der Waals surface area (Å²) < 4.78 is 23.5. The Bertz CT molecular complexity index is 270. The van der Waals surface area contributed by atoms with Crippen LogP contribution in [-0.4, -0.2) is 32.0 Å². The van der Waals surface area contributed by atoms with Crippen LogP contribution in [0.2, 0.25) is 0 Å². The molecule has 2 heterocycles. The highest BCUT2D eigenvalue weighted by Gasteiger charge is 2.45. The Labute approximate surface area is 79.8 Å². The van der Waals surface area contributed by atoms with Gasteiger partial charge in [-0.3, -0.25) is 0 Å². The first-order chi connectivity index (χ1) is 6.16. The Morgan fingerprint density at radius 2 is 1.85 bits per heavy atom. The van der Waals surface area contributed by atoms with Gasteiger partial charge in [0, 0.05) is 6.54 Å². The van der Waals surface area contributed by atoms with Gasteiger partial charge in [0.15, 0.2) is 9.84 Å². The summed E-state index contributed by atoms with van der Waals surface area (Å²) in [7, 11) is -2.81. The van der Waals surface area contributed by atoms with Crippen molar-refractivity contribution < 1.29 is 8.42 Å². The van der Waals surface area contributed by atoms with Gasteiger partial charge in [-0.05, 0) is 32.2 Å². The van der Waals surface area contributed by atoms with Crippen LogP contribution in [0.1, 0.15) is 32.1 Å². The van der Waals surface area contributed by atoms with E-state index in [0.717, 1.165) is 38.6 Å². The molecule has 0 radical (unpaired) electrons. The van der Waals surface area contributed by atoms with Gasteiger partial charge < -0.3 is 5.32 Å². The third-order valence-corrected chi connectivity index (χ3v) is 6.09. The predicted octanol–water partition coefficient (Wildman–Crippen LogP) is 0.707. The van der Waals surface area contributed by atoms with Crippen molar-refractivity contribution in [3.8, 4) is 0 Å². The summed E-state index contributed by atoms with van der Waals surface area (Å²) in [5, 5.41) is 3.22. The molecule has 2 aliphatic heterocycles. The number of hydrogen-bond donors (Lipinski definition) is 1. The molecule has 4 heteroatoms. The average Bonchev–Trinajstić information content (AvgIpc) is 2.12. The van der Waals surface area contributed by atoms with Crippen molar-refractivity contribution in [3.63, 3.8) is 0 Å². The minimum Gasteiger partial charge on any atom is -0.315 e. The Morgan fingerprint density at radius 3 is 2.46 bits per heavy atom. The summed E-state index contributed by atoms with van der Waals surface area (Å²) in [6.07, 6.45) is 4.72. The normalized spacial score (nSPS) is 39.1. The average molecular weight is 203 g/mol.